The van der Waals surface area contributed by atoms with Crippen molar-refractivity contribution in [1.29, 1.82) is 0 Å². The van der Waals surface area contributed by atoms with E-state index in [0.29, 0.717) is 6.10 Å². The van der Waals surface area contributed by atoms with Gasteiger partial charge in [-0.15, -0.1) is 0 Å². The number of fused-ring (bicyclic) bond motifs is 2. The van der Waals surface area contributed by atoms with Gasteiger partial charge in [0.25, 0.3) is 0 Å². The molecule has 50 valence electrons. The predicted molar refractivity (Wildman–Crippen MR) is 33.0 cm³/mol. The summed E-state index contributed by atoms with van der Waals surface area (Å²) in [5, 5.41) is 0. The van der Waals surface area contributed by atoms with E-state index in [1.807, 2.05) is 0 Å². The summed E-state index contributed by atoms with van der Waals surface area (Å²) in [6.45, 7) is 4.61. The van der Waals surface area contributed by atoms with Crippen LogP contribution in [0.2, 0.25) is 0 Å². The zero-order chi connectivity index (χ0) is 6.27. The Balaban J connectivity index is 2.14. The molecule has 0 amide bonds. The van der Waals surface area contributed by atoms with E-state index in [9.17, 15) is 0 Å². The molecule has 2 fully saturated rings. The van der Waals surface area contributed by atoms with Crippen LogP contribution < -0.4 is 0 Å². The average Bonchev–Trinajstić information content (AvgIpc) is 2.25. The van der Waals surface area contributed by atoms with Crippen LogP contribution in [-0.4, -0.2) is 19.0 Å². The molecule has 2 saturated heterocycles. The molecule has 0 saturated carbocycles. The lowest BCUT2D eigenvalue weighted by atomic mass is 10.1. The normalized spacial score (nSPS) is 41.6. The third-order valence-electron chi connectivity index (χ3n) is 1.87. The van der Waals surface area contributed by atoms with Crippen LogP contribution in [0.1, 0.15) is 12.8 Å². The number of hydrogen-bond acceptors (Lipinski definition) is 2. The fraction of sp³-hybridized carbons (Fsp3) is 0.714. The predicted octanol–water partition coefficient (Wildman–Crippen LogP) is 1.08. The van der Waals surface area contributed by atoms with Gasteiger partial charge >= 0.3 is 0 Å². The van der Waals surface area contributed by atoms with Gasteiger partial charge in [-0.3, -0.25) is 0 Å². The van der Waals surface area contributed by atoms with Crippen LogP contribution in [0.5, 0.6) is 0 Å². The van der Waals surface area contributed by atoms with Crippen molar-refractivity contribution in [1.82, 2.24) is 0 Å². The fourth-order valence-electron chi connectivity index (χ4n) is 1.28. The first-order valence-corrected chi connectivity index (χ1v) is 3.31. The second-order valence-corrected chi connectivity index (χ2v) is 2.62. The lowest BCUT2D eigenvalue weighted by Crippen LogP contribution is -2.20. The van der Waals surface area contributed by atoms with Crippen LogP contribution in [0, 0.1) is 0 Å². The van der Waals surface area contributed by atoms with Crippen molar-refractivity contribution < 1.29 is 9.47 Å². The maximum atomic E-state index is 5.39. The lowest BCUT2D eigenvalue weighted by molar-refractivity contribution is -0.0449. The van der Waals surface area contributed by atoms with Crippen molar-refractivity contribution in [3.63, 3.8) is 0 Å². The molecule has 0 aromatic rings. The molecule has 0 aliphatic carbocycles. The number of rotatable bonds is 0. The van der Waals surface area contributed by atoms with Crippen LogP contribution in [0.3, 0.4) is 0 Å². The molecule has 2 rings (SSSR count). The fourth-order valence-corrected chi connectivity index (χ4v) is 1.28. The third kappa shape index (κ3) is 0.787. The molecular weight excluding hydrogens is 116 g/mol. The van der Waals surface area contributed by atoms with Gasteiger partial charge in [0.05, 0.1) is 12.7 Å². The molecule has 2 aliphatic rings. The molecule has 0 radical (unpaired) electrons. The van der Waals surface area contributed by atoms with Gasteiger partial charge in [-0.25, -0.2) is 0 Å². The topological polar surface area (TPSA) is 18.5 Å². The number of ether oxygens (including phenoxy) is 2. The van der Waals surface area contributed by atoms with Gasteiger partial charge in [0.2, 0.25) is 0 Å². The summed E-state index contributed by atoms with van der Waals surface area (Å²) < 4.78 is 10.7. The van der Waals surface area contributed by atoms with Gasteiger partial charge in [0.15, 0.2) is 6.29 Å². The van der Waals surface area contributed by atoms with Gasteiger partial charge in [-0.1, -0.05) is 6.58 Å². The molecular formula is C7H10O2. The minimum absolute atomic E-state index is 0.0660. The maximum absolute atomic E-state index is 5.39. The van der Waals surface area contributed by atoms with E-state index in [2.05, 4.69) is 6.58 Å². The molecule has 2 heteroatoms. The largest absolute Gasteiger partial charge is 0.346 e. The Morgan fingerprint density at radius 3 is 3.22 bits per heavy atom. The van der Waals surface area contributed by atoms with Crippen molar-refractivity contribution in [2.75, 3.05) is 6.61 Å². The second-order valence-electron chi connectivity index (χ2n) is 2.62. The molecule has 9 heavy (non-hydrogen) atoms. The van der Waals surface area contributed by atoms with Crippen molar-refractivity contribution in [3.05, 3.63) is 12.2 Å². The smallest absolute Gasteiger partial charge is 0.180 e. The number of hydrogen-bond donors (Lipinski definition) is 0. The highest BCUT2D eigenvalue weighted by molar-refractivity contribution is 5.04. The quantitative estimate of drug-likeness (QED) is 0.452. The minimum Gasteiger partial charge on any atom is -0.346 e. The summed E-state index contributed by atoms with van der Waals surface area (Å²) in [5.41, 5.74) is 1.10. The van der Waals surface area contributed by atoms with E-state index in [1.54, 1.807) is 0 Å². The first-order chi connectivity index (χ1) is 4.36. The van der Waals surface area contributed by atoms with E-state index >= 15 is 0 Å². The molecule has 0 aromatic heterocycles. The first kappa shape index (κ1) is 5.45. The van der Waals surface area contributed by atoms with E-state index in [-0.39, 0.29) is 6.29 Å². The molecule has 0 spiro atoms. The highest BCUT2D eigenvalue weighted by atomic mass is 16.7. The van der Waals surface area contributed by atoms with Gasteiger partial charge in [0.1, 0.15) is 0 Å². The highest BCUT2D eigenvalue weighted by Gasteiger charge is 2.32. The first-order valence-electron chi connectivity index (χ1n) is 3.31. The summed E-state index contributed by atoms with van der Waals surface area (Å²) in [7, 11) is 0. The molecule has 2 nitrogen and oxygen atoms in total. The molecule has 2 unspecified atom stereocenters. The zero-order valence-electron chi connectivity index (χ0n) is 5.30. The highest BCUT2D eigenvalue weighted by Crippen LogP contribution is 2.29. The van der Waals surface area contributed by atoms with Gasteiger partial charge < -0.3 is 9.47 Å². The minimum atomic E-state index is -0.0660. The standard InChI is InChI=1S/C7H10O2/c1-5-2-3-6-4-8-7(5)9-6/h6-7H,1-4H2. The van der Waals surface area contributed by atoms with E-state index < -0.39 is 0 Å². The summed E-state index contributed by atoms with van der Waals surface area (Å²) in [4.78, 5) is 0. The Hall–Kier alpha value is -0.340. The summed E-state index contributed by atoms with van der Waals surface area (Å²) in [6, 6.07) is 0. The van der Waals surface area contributed by atoms with Crippen molar-refractivity contribution in [2.24, 2.45) is 0 Å². The Morgan fingerprint density at radius 2 is 2.44 bits per heavy atom. The Labute approximate surface area is 54.5 Å². The molecule has 2 atom stereocenters. The van der Waals surface area contributed by atoms with Gasteiger partial charge in [-0.05, 0) is 18.4 Å². The van der Waals surface area contributed by atoms with Crippen LogP contribution in [0.15, 0.2) is 12.2 Å². The molecule has 2 aliphatic heterocycles. The van der Waals surface area contributed by atoms with E-state index in [1.165, 1.54) is 0 Å². The van der Waals surface area contributed by atoms with Crippen molar-refractivity contribution >= 4 is 0 Å². The van der Waals surface area contributed by atoms with Crippen molar-refractivity contribution in [3.8, 4) is 0 Å². The Morgan fingerprint density at radius 1 is 1.56 bits per heavy atom. The average molecular weight is 126 g/mol. The molecule has 2 bridgehead atoms. The van der Waals surface area contributed by atoms with Crippen molar-refractivity contribution in [2.45, 2.75) is 25.2 Å². The van der Waals surface area contributed by atoms with Crippen LogP contribution in [0.4, 0.5) is 0 Å². The summed E-state index contributed by atoms with van der Waals surface area (Å²) >= 11 is 0. The zero-order valence-corrected chi connectivity index (χ0v) is 5.30. The van der Waals surface area contributed by atoms with Crippen LogP contribution in [-0.2, 0) is 9.47 Å². The maximum Gasteiger partial charge on any atom is 0.180 e. The lowest BCUT2D eigenvalue weighted by Gasteiger charge is -2.19. The third-order valence-corrected chi connectivity index (χ3v) is 1.87. The monoisotopic (exact) mass is 126 g/mol. The summed E-state index contributed by atoms with van der Waals surface area (Å²) in [6.07, 6.45) is 2.47. The SMILES string of the molecule is C=C1CCC2COC1O2. The van der Waals surface area contributed by atoms with E-state index in [4.69, 9.17) is 9.47 Å². The summed E-state index contributed by atoms with van der Waals surface area (Å²) in [5.74, 6) is 0. The van der Waals surface area contributed by atoms with Gasteiger partial charge in [0, 0.05) is 0 Å². The van der Waals surface area contributed by atoms with E-state index in [0.717, 1.165) is 25.0 Å². The molecule has 2 heterocycles. The van der Waals surface area contributed by atoms with Gasteiger partial charge in [-0.2, -0.15) is 0 Å². The Bertz CT molecular complexity index is 142. The Kier molecular flexibility index (Phi) is 1.10. The second kappa shape index (κ2) is 1.82. The van der Waals surface area contributed by atoms with Crippen LogP contribution in [0.25, 0.3) is 0 Å². The van der Waals surface area contributed by atoms with Crippen LogP contribution >= 0.6 is 0 Å². The molecule has 0 aromatic carbocycles. The molecule has 0 N–H and O–H groups in total.